The Hall–Kier alpha value is -2.17. The van der Waals surface area contributed by atoms with Crippen LogP contribution in [0, 0.1) is 0 Å². The molecule has 0 rings (SSSR count). The first kappa shape index (κ1) is 53.8. The summed E-state index contributed by atoms with van der Waals surface area (Å²) in [7, 11) is 0. The molecule has 0 bridgehead atoms. The number of rotatable bonds is 43. The monoisotopic (exact) mass is 780 g/mol. The largest absolute Gasteiger partial charge is 0.394 e. The van der Waals surface area contributed by atoms with E-state index in [1.54, 1.807) is 6.08 Å². The van der Waals surface area contributed by atoms with E-state index in [-0.39, 0.29) is 12.5 Å². The normalized spacial score (nSPS) is 13.6. The number of hydrogen-bond acceptors (Lipinski definition) is 3. The highest BCUT2D eigenvalue weighted by Crippen LogP contribution is 2.15. The molecular weight excluding hydrogens is 687 g/mol. The molecule has 4 nitrogen and oxygen atoms in total. The lowest BCUT2D eigenvalue weighted by atomic mass is 10.0. The Bertz CT molecular complexity index is 977. The molecule has 4 heteroatoms. The van der Waals surface area contributed by atoms with E-state index in [1.165, 1.54) is 154 Å². The molecule has 1 amide bonds. The van der Waals surface area contributed by atoms with Crippen LogP contribution in [0.4, 0.5) is 0 Å². The van der Waals surface area contributed by atoms with Crippen LogP contribution < -0.4 is 5.32 Å². The Morgan fingerprint density at radius 1 is 0.446 bits per heavy atom. The summed E-state index contributed by atoms with van der Waals surface area (Å²) in [6.45, 7) is 4.19. The Morgan fingerprint density at radius 2 is 0.804 bits per heavy atom. The lowest BCUT2D eigenvalue weighted by molar-refractivity contribution is -0.123. The van der Waals surface area contributed by atoms with Crippen LogP contribution in [0.2, 0.25) is 0 Å². The van der Waals surface area contributed by atoms with Crippen LogP contribution >= 0.6 is 0 Å². The van der Waals surface area contributed by atoms with Gasteiger partial charge in [0.2, 0.25) is 5.91 Å². The lowest BCUT2D eigenvalue weighted by Crippen LogP contribution is -2.45. The molecule has 0 aromatic rings. The number of amides is 1. The number of carbonyl (C=O) groups is 1. The molecule has 0 spiro atoms. The zero-order chi connectivity index (χ0) is 40.7. The molecule has 0 fully saturated rings. The fourth-order valence-corrected chi connectivity index (χ4v) is 7.01. The number of allylic oxidation sites excluding steroid dienone is 11. The molecule has 0 aliphatic heterocycles. The third-order valence-corrected chi connectivity index (χ3v) is 10.7. The minimum atomic E-state index is -0.866. The topological polar surface area (TPSA) is 69.6 Å². The standard InChI is InChI=1S/C52H93NO3/c1-3-5-7-9-11-13-15-17-19-21-23-24-25-26-27-28-30-32-34-36-38-40-42-44-46-48-52(56)53-50(49-54)51(55)47-45-43-41-39-37-35-33-31-29-22-20-18-16-14-12-10-8-6-4-2/h5,7,11,13,17,19,23-24,37,39,45,47,50-51,54-55H,3-4,6,8-10,12,14-16,18,20-22,25-36,38,40-44,46,48-49H2,1-2H3,(H,53,56)/b7-5-,13-11-,19-17-,24-23-,39-37+,47-45+. The molecular formula is C52H93NO3. The molecule has 0 radical (unpaired) electrons. The highest BCUT2D eigenvalue weighted by atomic mass is 16.3. The van der Waals surface area contributed by atoms with Gasteiger partial charge in [0.1, 0.15) is 0 Å². The van der Waals surface area contributed by atoms with Gasteiger partial charge in [-0.3, -0.25) is 4.79 Å². The summed E-state index contributed by atoms with van der Waals surface area (Å²) < 4.78 is 0. The maximum absolute atomic E-state index is 12.4. The average Bonchev–Trinajstić information content (AvgIpc) is 3.20. The minimum Gasteiger partial charge on any atom is -0.394 e. The van der Waals surface area contributed by atoms with E-state index >= 15 is 0 Å². The van der Waals surface area contributed by atoms with Gasteiger partial charge in [-0.25, -0.2) is 0 Å². The van der Waals surface area contributed by atoms with Gasteiger partial charge in [-0.2, -0.15) is 0 Å². The van der Waals surface area contributed by atoms with Crippen molar-refractivity contribution in [2.45, 2.75) is 244 Å². The molecule has 0 heterocycles. The highest BCUT2D eigenvalue weighted by molar-refractivity contribution is 5.76. The van der Waals surface area contributed by atoms with Gasteiger partial charge in [0, 0.05) is 6.42 Å². The molecule has 0 aliphatic carbocycles. The predicted octanol–water partition coefficient (Wildman–Crippen LogP) is 15.5. The number of unbranched alkanes of at least 4 members (excludes halogenated alkanes) is 26. The molecule has 2 unspecified atom stereocenters. The maximum atomic E-state index is 12.4. The molecule has 2 atom stereocenters. The van der Waals surface area contributed by atoms with Crippen LogP contribution in [0.25, 0.3) is 0 Å². The summed E-state index contributed by atoms with van der Waals surface area (Å²) >= 11 is 0. The van der Waals surface area contributed by atoms with Gasteiger partial charge >= 0.3 is 0 Å². The first-order chi connectivity index (χ1) is 27.7. The minimum absolute atomic E-state index is 0.0777. The molecule has 0 aliphatic rings. The molecule has 56 heavy (non-hydrogen) atoms. The maximum Gasteiger partial charge on any atom is 0.220 e. The first-order valence-corrected chi connectivity index (χ1v) is 24.2. The number of carbonyl (C=O) groups excluding carboxylic acids is 1. The Kier molecular flexibility index (Phi) is 45.4. The van der Waals surface area contributed by atoms with Crippen LogP contribution in [-0.2, 0) is 4.79 Å². The van der Waals surface area contributed by atoms with Crippen molar-refractivity contribution in [2.24, 2.45) is 0 Å². The number of hydrogen-bond donors (Lipinski definition) is 3. The van der Waals surface area contributed by atoms with Crippen LogP contribution in [0.1, 0.15) is 232 Å². The summed E-state index contributed by atoms with van der Waals surface area (Å²) in [5.74, 6) is -0.0777. The molecule has 3 N–H and O–H groups in total. The van der Waals surface area contributed by atoms with Crippen LogP contribution in [0.3, 0.4) is 0 Å². The fraction of sp³-hybridized carbons (Fsp3) is 0.750. The third kappa shape index (κ3) is 43.0. The van der Waals surface area contributed by atoms with Crippen LogP contribution in [0.5, 0.6) is 0 Å². The Morgan fingerprint density at radius 3 is 1.25 bits per heavy atom. The van der Waals surface area contributed by atoms with Crippen LogP contribution in [-0.4, -0.2) is 34.9 Å². The summed E-state index contributed by atoms with van der Waals surface area (Å²) in [5.41, 5.74) is 0. The van der Waals surface area contributed by atoms with Gasteiger partial charge in [0.15, 0.2) is 0 Å². The second kappa shape index (κ2) is 47.2. The lowest BCUT2D eigenvalue weighted by Gasteiger charge is -2.19. The SMILES string of the molecule is CC/C=C\C/C=C\C/C=C\C/C=C\CCCCCCCCCCCCCCC(=O)NC(CO)C(O)/C=C/CC/C=C/CCCCCCCCCCCCCCC. The molecule has 324 valence electrons. The predicted molar refractivity (Wildman–Crippen MR) is 248 cm³/mol. The summed E-state index contributed by atoms with van der Waals surface area (Å²) in [6, 6.07) is -0.643. The van der Waals surface area contributed by atoms with E-state index in [1.807, 2.05) is 6.08 Å². The van der Waals surface area contributed by atoms with E-state index in [2.05, 4.69) is 79.9 Å². The molecule has 0 aromatic heterocycles. The van der Waals surface area contributed by atoms with Gasteiger partial charge in [-0.05, 0) is 70.6 Å². The van der Waals surface area contributed by atoms with Crippen molar-refractivity contribution < 1.29 is 15.0 Å². The van der Waals surface area contributed by atoms with Crippen molar-refractivity contribution >= 4 is 5.91 Å². The quantitative estimate of drug-likeness (QED) is 0.0426. The zero-order valence-corrected chi connectivity index (χ0v) is 37.1. The van der Waals surface area contributed by atoms with E-state index in [0.717, 1.165) is 57.8 Å². The van der Waals surface area contributed by atoms with Crippen molar-refractivity contribution in [2.75, 3.05) is 6.61 Å². The van der Waals surface area contributed by atoms with Crippen molar-refractivity contribution in [3.05, 3.63) is 72.9 Å². The number of nitrogens with one attached hydrogen (secondary N) is 1. The fourth-order valence-electron chi connectivity index (χ4n) is 7.01. The Labute approximate surface area is 349 Å². The van der Waals surface area contributed by atoms with Crippen molar-refractivity contribution in [3.8, 4) is 0 Å². The van der Waals surface area contributed by atoms with E-state index < -0.39 is 12.1 Å². The second-order valence-corrected chi connectivity index (χ2v) is 16.1. The van der Waals surface area contributed by atoms with Crippen molar-refractivity contribution in [1.29, 1.82) is 0 Å². The van der Waals surface area contributed by atoms with Crippen LogP contribution in [0.15, 0.2) is 72.9 Å². The second-order valence-electron chi connectivity index (χ2n) is 16.1. The van der Waals surface area contributed by atoms with E-state index in [9.17, 15) is 15.0 Å². The van der Waals surface area contributed by atoms with E-state index in [0.29, 0.717) is 6.42 Å². The molecule has 0 saturated heterocycles. The first-order valence-electron chi connectivity index (χ1n) is 24.2. The van der Waals surface area contributed by atoms with Gasteiger partial charge in [0.25, 0.3) is 0 Å². The van der Waals surface area contributed by atoms with Gasteiger partial charge in [0.05, 0.1) is 18.8 Å². The van der Waals surface area contributed by atoms with E-state index in [4.69, 9.17) is 0 Å². The summed E-state index contributed by atoms with van der Waals surface area (Å²) in [5, 5.41) is 23.1. The smallest absolute Gasteiger partial charge is 0.220 e. The third-order valence-electron chi connectivity index (χ3n) is 10.7. The van der Waals surface area contributed by atoms with Gasteiger partial charge in [-0.15, -0.1) is 0 Å². The zero-order valence-electron chi connectivity index (χ0n) is 37.1. The summed E-state index contributed by atoms with van der Waals surface area (Å²) in [6.07, 6.45) is 67.4. The molecule has 0 aromatic carbocycles. The van der Waals surface area contributed by atoms with Gasteiger partial charge in [-0.1, -0.05) is 228 Å². The average molecular weight is 780 g/mol. The number of aliphatic hydroxyl groups is 2. The van der Waals surface area contributed by atoms with Crippen molar-refractivity contribution in [3.63, 3.8) is 0 Å². The Balaban J connectivity index is 3.59. The summed E-state index contributed by atoms with van der Waals surface area (Å²) in [4.78, 5) is 12.4. The van der Waals surface area contributed by atoms with Gasteiger partial charge < -0.3 is 15.5 Å². The molecule has 0 saturated carbocycles. The highest BCUT2D eigenvalue weighted by Gasteiger charge is 2.17. The van der Waals surface area contributed by atoms with Crippen molar-refractivity contribution in [1.82, 2.24) is 5.32 Å². The number of aliphatic hydroxyl groups excluding tert-OH is 2.